The van der Waals surface area contributed by atoms with Crippen LogP contribution in [0.4, 0.5) is 0 Å². The minimum atomic E-state index is -1.91. The van der Waals surface area contributed by atoms with Gasteiger partial charge in [0.1, 0.15) is 34.8 Å². The molecule has 1 aliphatic rings. The molecule has 0 radical (unpaired) electrons. The first-order chi connectivity index (χ1) is 12.9. The highest BCUT2D eigenvalue weighted by molar-refractivity contribution is 7.98. The van der Waals surface area contributed by atoms with Gasteiger partial charge in [0.15, 0.2) is 0 Å². The lowest BCUT2D eigenvalue weighted by atomic mass is 10.2. The molecule has 1 saturated heterocycles. The van der Waals surface area contributed by atoms with E-state index in [4.69, 9.17) is 4.74 Å². The third kappa shape index (κ3) is 3.32. The highest BCUT2D eigenvalue weighted by Crippen LogP contribution is 2.58. The third-order valence-corrected chi connectivity index (χ3v) is 8.95. The predicted octanol–water partition coefficient (Wildman–Crippen LogP) is 5.02. The second-order valence-corrected chi connectivity index (χ2v) is 9.88. The zero-order valence-corrected chi connectivity index (χ0v) is 15.8. The van der Waals surface area contributed by atoms with Gasteiger partial charge in [-0.2, -0.15) is 0 Å². The molecule has 0 aromatic heterocycles. The summed E-state index contributed by atoms with van der Waals surface area (Å²) in [7, 11) is -1.91. The molecule has 26 heavy (non-hydrogen) atoms. The lowest BCUT2D eigenvalue weighted by Crippen LogP contribution is -2.30. The Morgan fingerprint density at radius 1 is 0.615 bits per heavy atom. The molecule has 0 unspecified atom stereocenters. The van der Waals surface area contributed by atoms with Crippen molar-refractivity contribution in [3.05, 3.63) is 103 Å². The van der Waals surface area contributed by atoms with Gasteiger partial charge in [0.05, 0.1) is 6.61 Å². The van der Waals surface area contributed by atoms with Crippen molar-refractivity contribution in [2.45, 2.75) is 19.3 Å². The van der Waals surface area contributed by atoms with E-state index in [0.29, 0.717) is 0 Å². The second-order valence-electron chi connectivity index (χ2n) is 6.63. The Morgan fingerprint density at radius 2 is 1.08 bits per heavy atom. The van der Waals surface area contributed by atoms with Crippen LogP contribution in [-0.4, -0.2) is 6.61 Å². The summed E-state index contributed by atoms with van der Waals surface area (Å²) in [6.07, 6.45) is 3.41. The Balaban J connectivity index is 2.00. The molecule has 3 aromatic rings. The summed E-state index contributed by atoms with van der Waals surface area (Å²) < 4.78 is 6.09. The van der Waals surface area contributed by atoms with Gasteiger partial charge in [-0.15, -0.1) is 0 Å². The van der Waals surface area contributed by atoms with Crippen LogP contribution in [0, 0.1) is 0 Å². The minimum Gasteiger partial charge on any atom is -0.494 e. The summed E-state index contributed by atoms with van der Waals surface area (Å²) >= 11 is 0. The topological polar surface area (TPSA) is 9.23 Å². The summed E-state index contributed by atoms with van der Waals surface area (Å²) in [5.41, 5.74) is 0. The van der Waals surface area contributed by atoms with E-state index in [9.17, 15) is 0 Å². The first kappa shape index (κ1) is 17.1. The fourth-order valence-corrected chi connectivity index (χ4v) is 7.56. The monoisotopic (exact) mass is 359 g/mol. The van der Waals surface area contributed by atoms with E-state index in [-0.39, 0.29) is 0 Å². The lowest BCUT2D eigenvalue weighted by Gasteiger charge is -2.26. The number of hydrogen-bond acceptors (Lipinski definition) is 1. The Labute approximate surface area is 156 Å². The van der Waals surface area contributed by atoms with E-state index < -0.39 is 7.26 Å². The maximum Gasteiger partial charge on any atom is 0.140 e. The van der Waals surface area contributed by atoms with Crippen LogP contribution in [-0.2, 0) is 4.74 Å². The molecule has 0 spiro atoms. The molecule has 130 valence electrons. The second kappa shape index (κ2) is 7.89. The number of hydrogen-bond donors (Lipinski definition) is 0. The van der Waals surface area contributed by atoms with Crippen molar-refractivity contribution in [1.82, 2.24) is 0 Å². The van der Waals surface area contributed by atoms with Crippen molar-refractivity contribution in [3.8, 4) is 0 Å². The molecule has 0 amide bonds. The third-order valence-electron chi connectivity index (χ3n) is 4.93. The Kier molecular flexibility index (Phi) is 5.18. The van der Waals surface area contributed by atoms with Crippen LogP contribution in [0.3, 0.4) is 0 Å². The molecule has 1 aliphatic heterocycles. The van der Waals surface area contributed by atoms with Gasteiger partial charge in [0.25, 0.3) is 0 Å². The van der Waals surface area contributed by atoms with Gasteiger partial charge in [-0.25, -0.2) is 0 Å². The largest absolute Gasteiger partial charge is 0.494 e. The standard InChI is InChI=1S/C24H24OP/c1-4-13-22(14-5-1)26(23-15-6-2-7-16-23,24-17-8-3-9-18-24)20-21-12-10-11-19-25-21/h1-9,13-18,20H,10-12,19H2/q+1. The van der Waals surface area contributed by atoms with E-state index in [1.165, 1.54) is 22.3 Å². The van der Waals surface area contributed by atoms with Crippen molar-refractivity contribution in [1.29, 1.82) is 0 Å². The smallest absolute Gasteiger partial charge is 0.140 e. The van der Waals surface area contributed by atoms with E-state index in [1.54, 1.807) is 0 Å². The molecule has 0 saturated carbocycles. The van der Waals surface area contributed by atoms with Crippen LogP contribution < -0.4 is 15.9 Å². The Hall–Kier alpha value is -2.37. The summed E-state index contributed by atoms with van der Waals surface area (Å²) in [5.74, 6) is 3.62. The number of allylic oxidation sites excluding steroid dienone is 1. The first-order valence-corrected chi connectivity index (χ1v) is 11.2. The van der Waals surface area contributed by atoms with Gasteiger partial charge in [-0.05, 0) is 49.2 Å². The molecule has 0 aliphatic carbocycles. The van der Waals surface area contributed by atoms with Gasteiger partial charge < -0.3 is 4.74 Å². The van der Waals surface area contributed by atoms with Crippen molar-refractivity contribution in [2.75, 3.05) is 6.61 Å². The molecule has 1 nitrogen and oxygen atoms in total. The Morgan fingerprint density at radius 3 is 1.46 bits per heavy atom. The van der Waals surface area contributed by atoms with Gasteiger partial charge in [-0.3, -0.25) is 0 Å². The van der Waals surface area contributed by atoms with Gasteiger partial charge in [0, 0.05) is 6.42 Å². The highest BCUT2D eigenvalue weighted by atomic mass is 31.2. The van der Waals surface area contributed by atoms with Gasteiger partial charge in [0.2, 0.25) is 0 Å². The molecule has 4 rings (SSSR count). The maximum atomic E-state index is 6.09. The zero-order chi connectivity index (χ0) is 17.7. The van der Waals surface area contributed by atoms with Crippen LogP contribution in [0.25, 0.3) is 0 Å². The molecule has 1 heterocycles. The quantitative estimate of drug-likeness (QED) is 0.594. The molecular weight excluding hydrogens is 335 g/mol. The maximum absolute atomic E-state index is 6.09. The zero-order valence-electron chi connectivity index (χ0n) is 14.9. The van der Waals surface area contributed by atoms with Gasteiger partial charge in [-0.1, -0.05) is 54.6 Å². The predicted molar refractivity (Wildman–Crippen MR) is 113 cm³/mol. The van der Waals surface area contributed by atoms with Crippen molar-refractivity contribution >= 4 is 23.2 Å². The fraction of sp³-hybridized carbons (Fsp3) is 0.167. The summed E-state index contributed by atoms with van der Waals surface area (Å²) in [5, 5.41) is 4.12. The van der Waals surface area contributed by atoms with Crippen molar-refractivity contribution in [2.24, 2.45) is 0 Å². The molecule has 0 N–H and O–H groups in total. The highest BCUT2D eigenvalue weighted by Gasteiger charge is 2.44. The van der Waals surface area contributed by atoms with Crippen LogP contribution in [0.15, 0.2) is 103 Å². The Bertz CT molecular complexity index is 752. The van der Waals surface area contributed by atoms with Gasteiger partial charge >= 0.3 is 0 Å². The normalized spacial score (nSPS) is 16.2. The first-order valence-electron chi connectivity index (χ1n) is 9.30. The lowest BCUT2D eigenvalue weighted by molar-refractivity contribution is 0.167. The molecule has 2 heteroatoms. The summed E-state index contributed by atoms with van der Waals surface area (Å²) in [4.78, 5) is 0. The summed E-state index contributed by atoms with van der Waals surface area (Å²) in [6, 6.07) is 32.8. The van der Waals surface area contributed by atoms with Crippen molar-refractivity contribution in [3.63, 3.8) is 0 Å². The van der Waals surface area contributed by atoms with Crippen LogP contribution in [0.5, 0.6) is 0 Å². The number of rotatable bonds is 4. The van der Waals surface area contributed by atoms with Crippen LogP contribution in [0.2, 0.25) is 0 Å². The van der Waals surface area contributed by atoms with E-state index in [0.717, 1.165) is 25.2 Å². The molecule has 1 fully saturated rings. The van der Waals surface area contributed by atoms with Crippen LogP contribution >= 0.6 is 7.26 Å². The van der Waals surface area contributed by atoms with Crippen LogP contribution in [0.1, 0.15) is 19.3 Å². The van der Waals surface area contributed by atoms with E-state index in [2.05, 4.69) is 96.8 Å². The fourth-order valence-electron chi connectivity index (χ4n) is 3.65. The molecule has 0 bridgehead atoms. The van der Waals surface area contributed by atoms with Crippen molar-refractivity contribution < 1.29 is 4.74 Å². The number of ether oxygens (including phenoxy) is 1. The number of benzene rings is 3. The van der Waals surface area contributed by atoms with E-state index in [1.807, 2.05) is 0 Å². The summed E-state index contributed by atoms with van der Waals surface area (Å²) in [6.45, 7) is 0.838. The van der Waals surface area contributed by atoms with E-state index >= 15 is 0 Å². The molecule has 0 atom stereocenters. The minimum absolute atomic E-state index is 0.838. The SMILES string of the molecule is C(=C1CCCCO1)[P+](c1ccccc1)(c1ccccc1)c1ccccc1. The molecular formula is C24H24OP+. The average molecular weight is 359 g/mol. The molecule has 3 aromatic carbocycles. The average Bonchev–Trinajstić information content (AvgIpc) is 2.75.